The Morgan fingerprint density at radius 1 is 0.362 bits per heavy atom. The number of hydrogen-bond acceptors (Lipinski definition) is 0. The standard InChI is InChI=1S/C56H43NSi/c1-58(2)55-36-47(40-16-10-5-11-17-40)26-30-49(55)50-31-29-48(37-56(50)58)57-53-32-27-45(43-22-18-41(19-23-43)38-12-6-3-7-13-38)34-51(53)52-35-46(28-33-54(52)57)44-24-20-42(21-25-44)39-14-8-4-9-15-39/h3-20,22-24,26-37H,21,25H2,1-2H3. The molecule has 1 aliphatic carbocycles. The van der Waals surface area contributed by atoms with E-state index in [0.29, 0.717) is 0 Å². The Bertz CT molecular complexity index is 3090. The average Bonchev–Trinajstić information content (AvgIpc) is 3.74. The molecule has 0 saturated carbocycles. The van der Waals surface area contributed by atoms with Crippen molar-refractivity contribution < 1.29 is 0 Å². The topological polar surface area (TPSA) is 4.93 Å². The number of aromatic nitrogens is 1. The van der Waals surface area contributed by atoms with E-state index in [1.807, 2.05) is 0 Å². The van der Waals surface area contributed by atoms with E-state index in [2.05, 4.69) is 218 Å². The molecule has 1 nitrogen and oxygen atoms in total. The van der Waals surface area contributed by atoms with Crippen molar-refractivity contribution in [3.8, 4) is 50.2 Å². The summed E-state index contributed by atoms with van der Waals surface area (Å²) >= 11 is 0. The second-order valence-corrected chi connectivity index (χ2v) is 20.8. The third-order valence-corrected chi connectivity index (χ3v) is 16.3. The maximum Gasteiger partial charge on any atom is 0.113 e. The van der Waals surface area contributed by atoms with Gasteiger partial charge in [-0.05, 0) is 126 Å². The Kier molecular flexibility index (Phi) is 8.16. The minimum absolute atomic E-state index is 1.03. The zero-order valence-electron chi connectivity index (χ0n) is 32.9. The lowest BCUT2D eigenvalue weighted by Gasteiger charge is -2.20. The lowest BCUT2D eigenvalue weighted by atomic mass is 9.89. The van der Waals surface area contributed by atoms with Crippen LogP contribution in [0.5, 0.6) is 0 Å². The summed E-state index contributed by atoms with van der Waals surface area (Å²) in [6.07, 6.45) is 6.75. The molecule has 0 fully saturated rings. The summed E-state index contributed by atoms with van der Waals surface area (Å²) in [5.74, 6) is 0. The molecule has 0 bridgehead atoms. The van der Waals surface area contributed by atoms with Gasteiger partial charge in [0.1, 0.15) is 8.07 Å². The van der Waals surface area contributed by atoms with Crippen LogP contribution in [0, 0.1) is 0 Å². The number of allylic oxidation sites excluding steroid dienone is 4. The van der Waals surface area contributed by atoms with E-state index < -0.39 is 8.07 Å². The van der Waals surface area contributed by atoms with Gasteiger partial charge >= 0.3 is 0 Å². The number of hydrogen-bond donors (Lipinski definition) is 0. The molecular weight excluding hydrogens is 715 g/mol. The second-order valence-electron chi connectivity index (χ2n) is 16.5. The minimum Gasteiger partial charge on any atom is -0.309 e. The first-order chi connectivity index (χ1) is 28.5. The van der Waals surface area contributed by atoms with E-state index in [1.165, 1.54) is 105 Å². The molecule has 276 valence electrons. The Morgan fingerprint density at radius 2 is 0.776 bits per heavy atom. The van der Waals surface area contributed by atoms with Crippen LogP contribution in [-0.4, -0.2) is 12.6 Å². The normalized spacial score (nSPS) is 14.2. The highest BCUT2D eigenvalue weighted by atomic mass is 28.3. The Balaban J connectivity index is 1.04. The summed E-state index contributed by atoms with van der Waals surface area (Å²) < 4.78 is 2.52. The highest BCUT2D eigenvalue weighted by molar-refractivity contribution is 7.03. The number of benzene rings is 8. The predicted molar refractivity (Wildman–Crippen MR) is 251 cm³/mol. The fraction of sp³-hybridized carbons (Fsp3) is 0.0714. The van der Waals surface area contributed by atoms with Crippen LogP contribution >= 0.6 is 0 Å². The van der Waals surface area contributed by atoms with Crippen molar-refractivity contribution in [1.29, 1.82) is 0 Å². The van der Waals surface area contributed by atoms with E-state index in [4.69, 9.17) is 0 Å². The van der Waals surface area contributed by atoms with Gasteiger partial charge in [-0.2, -0.15) is 0 Å². The van der Waals surface area contributed by atoms with Crippen LogP contribution in [0.15, 0.2) is 200 Å². The summed E-state index contributed by atoms with van der Waals surface area (Å²) in [5, 5.41) is 5.62. The van der Waals surface area contributed by atoms with Crippen LogP contribution in [0.3, 0.4) is 0 Å². The van der Waals surface area contributed by atoms with Crippen molar-refractivity contribution in [2.75, 3.05) is 0 Å². The number of fused-ring (bicyclic) bond motifs is 6. The van der Waals surface area contributed by atoms with Gasteiger partial charge < -0.3 is 4.57 Å². The van der Waals surface area contributed by atoms with Crippen LogP contribution in [0.2, 0.25) is 13.1 Å². The molecule has 0 atom stereocenters. The largest absolute Gasteiger partial charge is 0.309 e. The molecule has 8 aromatic carbocycles. The molecule has 0 saturated heterocycles. The Morgan fingerprint density at radius 3 is 1.38 bits per heavy atom. The van der Waals surface area contributed by atoms with Gasteiger partial charge in [0.25, 0.3) is 0 Å². The first-order valence-electron chi connectivity index (χ1n) is 20.5. The number of rotatable bonds is 6. The third-order valence-electron chi connectivity index (χ3n) is 12.8. The first kappa shape index (κ1) is 34.5. The molecule has 0 unspecified atom stereocenters. The summed E-state index contributed by atoms with van der Waals surface area (Å²) in [6.45, 7) is 5.05. The second kappa shape index (κ2) is 13.7. The van der Waals surface area contributed by atoms with Crippen molar-refractivity contribution in [1.82, 2.24) is 4.57 Å². The lowest BCUT2D eigenvalue weighted by molar-refractivity contribution is 1.07. The summed E-state index contributed by atoms with van der Waals surface area (Å²) in [4.78, 5) is 0. The zero-order valence-corrected chi connectivity index (χ0v) is 33.9. The maximum atomic E-state index is 2.53. The predicted octanol–water partition coefficient (Wildman–Crippen LogP) is 13.8. The van der Waals surface area contributed by atoms with Crippen molar-refractivity contribution in [2.24, 2.45) is 0 Å². The van der Waals surface area contributed by atoms with Crippen LogP contribution in [0.4, 0.5) is 0 Å². The van der Waals surface area contributed by atoms with E-state index in [9.17, 15) is 0 Å². The monoisotopic (exact) mass is 757 g/mol. The average molecular weight is 758 g/mol. The van der Waals surface area contributed by atoms with E-state index in [1.54, 1.807) is 0 Å². The van der Waals surface area contributed by atoms with E-state index >= 15 is 0 Å². The highest BCUT2D eigenvalue weighted by Gasteiger charge is 2.38. The molecule has 9 aromatic rings. The summed E-state index contributed by atoms with van der Waals surface area (Å²) in [7, 11) is -2.00. The molecule has 2 heterocycles. The minimum atomic E-state index is -2.00. The van der Waals surface area contributed by atoms with Crippen molar-refractivity contribution >= 4 is 51.4 Å². The molecule has 0 N–H and O–H groups in total. The quantitative estimate of drug-likeness (QED) is 0.149. The van der Waals surface area contributed by atoms with E-state index in [-0.39, 0.29) is 0 Å². The molecule has 2 aliphatic rings. The molecule has 11 rings (SSSR count). The molecule has 1 aromatic heterocycles. The van der Waals surface area contributed by atoms with Gasteiger partial charge in [0.15, 0.2) is 0 Å². The van der Waals surface area contributed by atoms with Gasteiger partial charge in [-0.1, -0.05) is 177 Å². The third kappa shape index (κ3) is 5.75. The van der Waals surface area contributed by atoms with Gasteiger partial charge in [-0.25, -0.2) is 0 Å². The van der Waals surface area contributed by atoms with Crippen LogP contribution in [0.1, 0.15) is 24.0 Å². The van der Waals surface area contributed by atoms with Crippen molar-refractivity contribution in [2.45, 2.75) is 25.9 Å². The zero-order chi connectivity index (χ0) is 38.8. The molecular formula is C56H43NSi. The molecule has 0 amide bonds. The lowest BCUT2D eigenvalue weighted by Crippen LogP contribution is -2.49. The van der Waals surface area contributed by atoms with Crippen LogP contribution < -0.4 is 10.4 Å². The summed E-state index contributed by atoms with van der Waals surface area (Å²) in [5.41, 5.74) is 19.5. The molecule has 0 spiro atoms. The number of nitrogens with zero attached hydrogens (tertiary/aromatic N) is 1. The fourth-order valence-electron chi connectivity index (χ4n) is 9.61. The SMILES string of the molecule is C[Si]1(C)c2cc(-c3ccccc3)ccc2-c2ccc(-n3c4ccc(C5=CC=C(c6ccccc6)CC5)cc4c4cc(-c5ccc(-c6ccccc6)cc5)ccc43)cc21. The van der Waals surface area contributed by atoms with Crippen molar-refractivity contribution in [3.63, 3.8) is 0 Å². The fourth-order valence-corrected chi connectivity index (χ4v) is 12.7. The van der Waals surface area contributed by atoms with Gasteiger partial charge in [-0.3, -0.25) is 0 Å². The molecule has 0 radical (unpaired) electrons. The molecule has 1 aliphatic heterocycles. The molecule has 58 heavy (non-hydrogen) atoms. The Hall–Kier alpha value is -6.74. The van der Waals surface area contributed by atoms with Crippen LogP contribution in [0.25, 0.3) is 83.1 Å². The summed E-state index contributed by atoms with van der Waals surface area (Å²) in [6, 6.07) is 70.0. The molecule has 2 heteroatoms. The smallest absolute Gasteiger partial charge is 0.113 e. The highest BCUT2D eigenvalue weighted by Crippen LogP contribution is 2.40. The van der Waals surface area contributed by atoms with Gasteiger partial charge in [0.2, 0.25) is 0 Å². The van der Waals surface area contributed by atoms with Gasteiger partial charge in [0, 0.05) is 16.5 Å². The van der Waals surface area contributed by atoms with E-state index in [0.717, 1.165) is 12.8 Å². The van der Waals surface area contributed by atoms with Gasteiger partial charge in [-0.15, -0.1) is 0 Å². The van der Waals surface area contributed by atoms with Crippen molar-refractivity contribution in [3.05, 3.63) is 211 Å². The maximum absolute atomic E-state index is 2.53. The van der Waals surface area contributed by atoms with Crippen LogP contribution in [-0.2, 0) is 0 Å². The van der Waals surface area contributed by atoms with Gasteiger partial charge in [0.05, 0.1) is 11.0 Å². The Labute approximate surface area is 341 Å². The first-order valence-corrected chi connectivity index (χ1v) is 23.5.